The zero-order chi connectivity index (χ0) is 9.14. The van der Waals surface area contributed by atoms with E-state index in [4.69, 9.17) is 10.8 Å². The number of hydrogen-bond acceptors (Lipinski definition) is 3. The zero-order valence-corrected chi connectivity index (χ0v) is 6.81. The summed E-state index contributed by atoms with van der Waals surface area (Å²) in [6.07, 6.45) is -0.250. The van der Waals surface area contributed by atoms with Gasteiger partial charge in [0.15, 0.2) is 0 Å². The van der Waals surface area contributed by atoms with E-state index in [-0.39, 0.29) is 6.54 Å². The largest absolute Gasteiger partial charge is 0.465 e. The molecule has 1 saturated heterocycles. The van der Waals surface area contributed by atoms with E-state index in [0.717, 1.165) is 0 Å². The Morgan fingerprint density at radius 2 is 2.25 bits per heavy atom. The second-order valence-corrected chi connectivity index (χ2v) is 3.10. The molecule has 1 fully saturated rings. The Labute approximate surface area is 70.8 Å². The quantitative estimate of drug-likeness (QED) is 0.460. The van der Waals surface area contributed by atoms with Crippen molar-refractivity contribution in [1.29, 1.82) is 0 Å². The maximum Gasteiger partial charge on any atom is 0.407 e. The molecule has 12 heavy (non-hydrogen) atoms. The number of amides is 1. The molecule has 0 aromatic heterocycles. The van der Waals surface area contributed by atoms with E-state index in [1.54, 1.807) is 0 Å². The molecule has 0 aromatic carbocycles. The lowest BCUT2D eigenvalue weighted by Gasteiger charge is -2.20. The van der Waals surface area contributed by atoms with Crippen molar-refractivity contribution < 1.29 is 15.0 Å². The fraction of sp³-hybridized carbons (Fsp3) is 0.857. The van der Waals surface area contributed by atoms with Crippen molar-refractivity contribution >= 4 is 6.09 Å². The van der Waals surface area contributed by atoms with Crippen LogP contribution in [0.3, 0.4) is 0 Å². The molecule has 1 aliphatic heterocycles. The molecular formula is C7H14N2O3. The van der Waals surface area contributed by atoms with Crippen LogP contribution in [-0.4, -0.2) is 46.4 Å². The van der Waals surface area contributed by atoms with Gasteiger partial charge in [-0.3, -0.25) is 0 Å². The number of nitrogens with zero attached hydrogens (tertiary/aromatic N) is 1. The van der Waals surface area contributed by atoms with Gasteiger partial charge in [-0.2, -0.15) is 0 Å². The topological polar surface area (TPSA) is 86.8 Å². The Morgan fingerprint density at radius 3 is 2.83 bits per heavy atom. The maximum absolute atomic E-state index is 10.5. The van der Waals surface area contributed by atoms with Crippen molar-refractivity contribution in [3.05, 3.63) is 0 Å². The third kappa shape index (κ3) is 2.09. The predicted molar refractivity (Wildman–Crippen MR) is 42.8 cm³/mol. The summed E-state index contributed by atoms with van der Waals surface area (Å²) in [6.45, 7) is 0.705. The van der Waals surface area contributed by atoms with Crippen LogP contribution < -0.4 is 5.73 Å². The van der Waals surface area contributed by atoms with Crippen LogP contribution in [0.1, 0.15) is 12.8 Å². The van der Waals surface area contributed by atoms with Crippen LogP contribution >= 0.6 is 0 Å². The summed E-state index contributed by atoms with van der Waals surface area (Å²) in [7, 11) is 0. The molecule has 1 rings (SSSR count). The van der Waals surface area contributed by atoms with Gasteiger partial charge in [-0.05, 0) is 12.8 Å². The van der Waals surface area contributed by atoms with Crippen LogP contribution in [0.2, 0.25) is 0 Å². The van der Waals surface area contributed by atoms with Gasteiger partial charge in [0.25, 0.3) is 0 Å². The number of nitrogens with two attached hydrogens (primary N) is 1. The van der Waals surface area contributed by atoms with Crippen molar-refractivity contribution in [1.82, 2.24) is 4.90 Å². The third-order valence-corrected chi connectivity index (χ3v) is 2.12. The van der Waals surface area contributed by atoms with Crippen LogP contribution in [0.4, 0.5) is 4.79 Å². The normalized spacial score (nSPS) is 31.3. The second kappa shape index (κ2) is 3.73. The molecule has 0 unspecified atom stereocenters. The molecule has 0 radical (unpaired) electrons. The molecule has 1 heterocycles. The van der Waals surface area contributed by atoms with Crippen LogP contribution in [-0.2, 0) is 0 Å². The van der Waals surface area contributed by atoms with E-state index < -0.39 is 18.2 Å². The number of aliphatic hydroxyl groups is 1. The highest BCUT2D eigenvalue weighted by Crippen LogP contribution is 2.09. The average molecular weight is 174 g/mol. The lowest BCUT2D eigenvalue weighted by Crippen LogP contribution is -2.44. The summed E-state index contributed by atoms with van der Waals surface area (Å²) in [5.74, 6) is 0. The summed E-state index contributed by atoms with van der Waals surface area (Å²) in [5, 5.41) is 18.0. The fourth-order valence-electron chi connectivity index (χ4n) is 1.35. The van der Waals surface area contributed by atoms with Gasteiger partial charge in [0.2, 0.25) is 0 Å². The number of aliphatic hydroxyl groups excluding tert-OH is 1. The van der Waals surface area contributed by atoms with Crippen molar-refractivity contribution in [2.24, 2.45) is 5.73 Å². The molecule has 0 bridgehead atoms. The van der Waals surface area contributed by atoms with Gasteiger partial charge in [-0.25, -0.2) is 4.79 Å². The summed E-state index contributed by atoms with van der Waals surface area (Å²) in [5.41, 5.74) is 5.55. The lowest BCUT2D eigenvalue weighted by atomic mass is 10.1. The first-order valence-corrected chi connectivity index (χ1v) is 4.03. The van der Waals surface area contributed by atoms with Crippen LogP contribution in [0.5, 0.6) is 0 Å². The zero-order valence-electron chi connectivity index (χ0n) is 6.81. The molecule has 0 aromatic rings. The average Bonchev–Trinajstić information content (AvgIpc) is 2.15. The molecule has 1 aliphatic rings. The number of likely N-dealkylation sites (tertiary alicyclic amines) is 1. The predicted octanol–water partition coefficient (Wildman–Crippen LogP) is -0.552. The van der Waals surface area contributed by atoms with Crippen LogP contribution in [0.25, 0.3) is 0 Å². The number of rotatable bonds is 0. The highest BCUT2D eigenvalue weighted by Gasteiger charge is 2.24. The lowest BCUT2D eigenvalue weighted by molar-refractivity contribution is 0.123. The molecule has 70 valence electrons. The minimum absolute atomic E-state index is 0.233. The van der Waals surface area contributed by atoms with Crippen LogP contribution in [0, 0.1) is 0 Å². The summed E-state index contributed by atoms with van der Waals surface area (Å²) in [6, 6.07) is -0.441. The van der Waals surface area contributed by atoms with E-state index in [0.29, 0.717) is 19.4 Å². The second-order valence-electron chi connectivity index (χ2n) is 3.10. The minimum Gasteiger partial charge on any atom is -0.465 e. The SMILES string of the molecule is N[C@@H]1CN(C(=O)O)CCC[C@H]1O. The number of carbonyl (C=O) groups is 1. The molecular weight excluding hydrogens is 160 g/mol. The van der Waals surface area contributed by atoms with Crippen molar-refractivity contribution in [3.63, 3.8) is 0 Å². The van der Waals surface area contributed by atoms with Gasteiger partial charge in [-0.1, -0.05) is 0 Å². The molecule has 1 amide bonds. The van der Waals surface area contributed by atoms with E-state index in [9.17, 15) is 9.90 Å². The maximum atomic E-state index is 10.5. The molecule has 4 N–H and O–H groups in total. The van der Waals surface area contributed by atoms with Gasteiger partial charge in [-0.15, -0.1) is 0 Å². The van der Waals surface area contributed by atoms with Gasteiger partial charge in [0.1, 0.15) is 0 Å². The third-order valence-electron chi connectivity index (χ3n) is 2.12. The molecule has 5 heteroatoms. The van der Waals surface area contributed by atoms with Gasteiger partial charge in [0, 0.05) is 19.1 Å². The van der Waals surface area contributed by atoms with Gasteiger partial charge in [0.05, 0.1) is 6.10 Å². The summed E-state index contributed by atoms with van der Waals surface area (Å²) >= 11 is 0. The minimum atomic E-state index is -0.959. The fourth-order valence-corrected chi connectivity index (χ4v) is 1.35. The van der Waals surface area contributed by atoms with Crippen molar-refractivity contribution in [2.75, 3.05) is 13.1 Å². The van der Waals surface area contributed by atoms with E-state index in [2.05, 4.69) is 0 Å². The van der Waals surface area contributed by atoms with E-state index in [1.165, 1.54) is 4.90 Å². The summed E-state index contributed by atoms with van der Waals surface area (Å²) in [4.78, 5) is 11.8. The monoisotopic (exact) mass is 174 g/mol. The van der Waals surface area contributed by atoms with E-state index in [1.807, 2.05) is 0 Å². The Kier molecular flexibility index (Phi) is 2.88. The Morgan fingerprint density at radius 1 is 1.58 bits per heavy atom. The number of hydrogen-bond donors (Lipinski definition) is 3. The first-order chi connectivity index (χ1) is 5.61. The van der Waals surface area contributed by atoms with Crippen LogP contribution in [0.15, 0.2) is 0 Å². The molecule has 5 nitrogen and oxygen atoms in total. The Bertz CT molecular complexity index is 174. The molecule has 2 atom stereocenters. The Hall–Kier alpha value is -0.810. The molecule has 0 aliphatic carbocycles. The van der Waals surface area contributed by atoms with Crippen molar-refractivity contribution in [3.8, 4) is 0 Å². The highest BCUT2D eigenvalue weighted by molar-refractivity contribution is 5.65. The van der Waals surface area contributed by atoms with Gasteiger partial charge < -0.3 is 20.8 Å². The first kappa shape index (κ1) is 9.28. The first-order valence-electron chi connectivity index (χ1n) is 4.03. The van der Waals surface area contributed by atoms with Crippen molar-refractivity contribution in [2.45, 2.75) is 25.0 Å². The highest BCUT2D eigenvalue weighted by atomic mass is 16.4. The smallest absolute Gasteiger partial charge is 0.407 e. The summed E-state index contributed by atoms with van der Waals surface area (Å²) < 4.78 is 0. The standard InChI is InChI=1S/C7H14N2O3/c8-5-4-9(7(11)12)3-1-2-6(5)10/h5-6,10H,1-4,8H2,(H,11,12)/t5-,6-/m1/s1. The number of carboxylic acid groups (broad SMARTS) is 1. The molecule has 0 spiro atoms. The Balaban J connectivity index is 2.54. The molecule has 0 saturated carbocycles. The van der Waals surface area contributed by atoms with Gasteiger partial charge >= 0.3 is 6.09 Å². The van der Waals surface area contributed by atoms with E-state index >= 15 is 0 Å².